The average Bonchev–Trinajstić information content (AvgIpc) is 3.38. The zero-order chi connectivity index (χ0) is 59.1. The minimum absolute atomic E-state index is 0.00293. The molecular formula is C59H100N8O11. The van der Waals surface area contributed by atoms with E-state index in [4.69, 9.17) is 22.9 Å². The fraction of sp³-hybridized carbons (Fsp3) is 0.729. The molecule has 1 aromatic carbocycles. The maximum atomic E-state index is 14.6. The van der Waals surface area contributed by atoms with Gasteiger partial charge in [0.15, 0.2) is 23.1 Å². The van der Waals surface area contributed by atoms with Crippen molar-refractivity contribution in [3.05, 3.63) is 35.9 Å². The highest BCUT2D eigenvalue weighted by Gasteiger charge is 2.37. The topological polar surface area (TPSA) is 343 Å². The summed E-state index contributed by atoms with van der Waals surface area (Å²) in [5.74, 6) is -10.5. The number of carbonyl (C=O) groups is 10. The number of unbranched alkanes of at least 4 members (excludes halogenated alkanes) is 3. The summed E-state index contributed by atoms with van der Waals surface area (Å²) < 4.78 is 0. The molecule has 0 heterocycles. The number of rotatable bonds is 44. The van der Waals surface area contributed by atoms with Crippen molar-refractivity contribution in [1.82, 2.24) is 21.3 Å². The summed E-state index contributed by atoms with van der Waals surface area (Å²) in [5, 5.41) is 21.0. The van der Waals surface area contributed by atoms with Crippen molar-refractivity contribution in [2.75, 3.05) is 26.2 Å². The third kappa shape index (κ3) is 26.6. The summed E-state index contributed by atoms with van der Waals surface area (Å²) in [6.07, 6.45) is 4.16. The number of nitrogens with two attached hydrogens (primary N) is 4. The number of nitrogens with one attached hydrogen (secondary N) is 4. The molecule has 0 fully saturated rings. The van der Waals surface area contributed by atoms with E-state index in [1.54, 1.807) is 38.1 Å². The molecule has 0 aliphatic heterocycles. The van der Waals surface area contributed by atoms with Crippen molar-refractivity contribution in [3.63, 3.8) is 0 Å². The highest BCUT2D eigenvalue weighted by Crippen LogP contribution is 2.24. The van der Waals surface area contributed by atoms with Gasteiger partial charge >= 0.3 is 0 Å². The number of hydrogen-bond donors (Lipinski definition) is 9. The molecule has 0 bridgehead atoms. The summed E-state index contributed by atoms with van der Waals surface area (Å²) >= 11 is 0. The van der Waals surface area contributed by atoms with Gasteiger partial charge in [-0.3, -0.25) is 47.9 Å². The minimum Gasteiger partial charge on any atom is -0.396 e. The number of primary amides is 1. The van der Waals surface area contributed by atoms with E-state index in [2.05, 4.69) is 28.2 Å². The molecule has 10 atom stereocenters. The minimum atomic E-state index is -1.15. The van der Waals surface area contributed by atoms with Crippen LogP contribution >= 0.6 is 0 Å². The SMILES string of the molecule is CCCCCCC(=O)C[C@@H](CCN)C(=O)N[C@H](C(=O)C[C@@H](CCN)C(=O)N[C@H](Cc1ccccc1)C(=O)C[C@@H](CC(C)C)C(=O)N[C@@H](CCN)C(=O)C[C@@H](C(=O)N[C@@H](CC(C)C)C(=O)C[C@@H](CO)C(N)=O)C(C)C)[C@@H](C)CC. The Kier molecular flexibility index (Phi) is 34.8. The lowest BCUT2D eigenvalue weighted by atomic mass is 9.85. The molecule has 13 N–H and O–H groups in total. The summed E-state index contributed by atoms with van der Waals surface area (Å²) in [7, 11) is 0. The second-order valence-electron chi connectivity index (χ2n) is 22.7. The normalized spacial score (nSPS) is 15.4. The van der Waals surface area contributed by atoms with Crippen LogP contribution in [0.3, 0.4) is 0 Å². The van der Waals surface area contributed by atoms with Crippen LogP contribution in [0.2, 0.25) is 0 Å². The van der Waals surface area contributed by atoms with Gasteiger partial charge in [0.25, 0.3) is 0 Å². The molecule has 0 unspecified atom stereocenters. The quantitative estimate of drug-likeness (QED) is 0.0411. The van der Waals surface area contributed by atoms with Gasteiger partial charge in [-0.1, -0.05) is 118 Å². The van der Waals surface area contributed by atoms with Gasteiger partial charge in [0.2, 0.25) is 29.5 Å². The molecule has 19 heteroatoms. The lowest BCUT2D eigenvalue weighted by Gasteiger charge is -2.28. The highest BCUT2D eigenvalue weighted by molar-refractivity contribution is 5.98. The number of hydrogen-bond acceptors (Lipinski definition) is 14. The number of ketones is 5. The highest BCUT2D eigenvalue weighted by atomic mass is 16.3. The molecule has 0 spiro atoms. The van der Waals surface area contributed by atoms with Crippen LogP contribution in [0.5, 0.6) is 0 Å². The lowest BCUT2D eigenvalue weighted by molar-refractivity contribution is -0.137. The van der Waals surface area contributed by atoms with Crippen molar-refractivity contribution in [2.45, 2.75) is 196 Å². The van der Waals surface area contributed by atoms with Crippen molar-refractivity contribution in [1.29, 1.82) is 0 Å². The Labute approximate surface area is 465 Å². The van der Waals surface area contributed by atoms with Crippen LogP contribution in [-0.4, -0.2) is 114 Å². The van der Waals surface area contributed by atoms with Gasteiger partial charge in [0.1, 0.15) is 5.78 Å². The van der Waals surface area contributed by atoms with Crippen LogP contribution < -0.4 is 44.2 Å². The Morgan fingerprint density at radius 1 is 0.526 bits per heavy atom. The number of benzene rings is 1. The fourth-order valence-corrected chi connectivity index (χ4v) is 9.64. The number of aliphatic hydroxyl groups excluding tert-OH is 1. The summed E-state index contributed by atoms with van der Waals surface area (Å²) in [6.45, 7) is 16.3. The first kappa shape index (κ1) is 70.8. The first-order valence-electron chi connectivity index (χ1n) is 28.8. The van der Waals surface area contributed by atoms with Gasteiger partial charge < -0.3 is 49.3 Å². The first-order chi connectivity index (χ1) is 36.9. The Hall–Kier alpha value is -5.24. The number of aliphatic hydroxyl groups is 1. The van der Waals surface area contributed by atoms with E-state index in [0.717, 1.165) is 31.2 Å². The standard InChI is InChI=1S/C59H100N8O11/c1-10-12-13-17-20-45(69)30-41(21-24-60)57(76)67-54(39(9)11-2)53(73)31-42(22-25-61)56(75)65-49(29-40-18-15-14-16-19-40)50(70)32-43(27-36(3)4)58(77)64-47(23-26-62)52(72)34-46(38(7)8)59(78)66-48(28-37(5)6)51(71)33-44(35-68)55(63)74/h14-16,18-19,36-39,41-44,46-49,54,68H,10-13,17,20-35,60-62H2,1-9H3,(H2,63,74)(H,64,77)(H,65,75)(H,66,78)(H,67,76)/t39-,41+,42+,43+,44-,46+,47-,48-,49+,54-/m0/s1. The zero-order valence-corrected chi connectivity index (χ0v) is 48.6. The van der Waals surface area contributed by atoms with Crippen LogP contribution in [0.1, 0.15) is 171 Å². The Morgan fingerprint density at radius 2 is 1.03 bits per heavy atom. The smallest absolute Gasteiger partial charge is 0.224 e. The molecule has 0 aromatic heterocycles. The van der Waals surface area contributed by atoms with E-state index in [-0.39, 0.29) is 114 Å². The largest absolute Gasteiger partial charge is 0.396 e. The second kappa shape index (κ2) is 38.4. The van der Waals surface area contributed by atoms with E-state index in [0.29, 0.717) is 12.8 Å². The van der Waals surface area contributed by atoms with Gasteiger partial charge in [0.05, 0.1) is 36.7 Å². The third-order valence-electron chi connectivity index (χ3n) is 14.6. The van der Waals surface area contributed by atoms with E-state index < -0.39 is 119 Å². The van der Waals surface area contributed by atoms with Gasteiger partial charge in [-0.25, -0.2) is 0 Å². The molecule has 0 aliphatic carbocycles. The fourth-order valence-electron chi connectivity index (χ4n) is 9.64. The van der Waals surface area contributed by atoms with Gasteiger partial charge in [0, 0.05) is 62.2 Å². The van der Waals surface area contributed by atoms with E-state index in [1.807, 2.05) is 47.6 Å². The molecule has 1 aromatic rings. The Balaban J connectivity index is 3.47. The summed E-state index contributed by atoms with van der Waals surface area (Å²) in [6, 6.07) is 4.72. The average molecular weight is 1100 g/mol. The number of carbonyl (C=O) groups excluding carboxylic acids is 10. The van der Waals surface area contributed by atoms with E-state index in [9.17, 15) is 53.1 Å². The van der Waals surface area contributed by atoms with E-state index >= 15 is 0 Å². The number of Topliss-reactive ketones (excluding diaryl/α,β-unsaturated/α-hetero) is 5. The monoisotopic (exact) mass is 1100 g/mol. The molecule has 0 radical (unpaired) electrons. The zero-order valence-electron chi connectivity index (χ0n) is 48.6. The van der Waals surface area contributed by atoms with Crippen molar-refractivity contribution in [2.24, 2.45) is 76.2 Å². The molecule has 1 rings (SSSR count). The van der Waals surface area contributed by atoms with Crippen LogP contribution in [-0.2, 0) is 54.4 Å². The first-order valence-corrected chi connectivity index (χ1v) is 28.8. The molecule has 78 heavy (non-hydrogen) atoms. The third-order valence-corrected chi connectivity index (χ3v) is 14.6. The molecule has 0 aliphatic rings. The van der Waals surface area contributed by atoms with Crippen molar-refractivity contribution >= 4 is 58.5 Å². The van der Waals surface area contributed by atoms with E-state index in [1.165, 1.54) is 0 Å². The van der Waals surface area contributed by atoms with Crippen LogP contribution in [0.25, 0.3) is 0 Å². The molecule has 19 nitrogen and oxygen atoms in total. The molecule has 5 amide bonds. The number of amides is 5. The van der Waals surface area contributed by atoms with Crippen LogP contribution in [0.15, 0.2) is 30.3 Å². The van der Waals surface area contributed by atoms with Crippen LogP contribution in [0, 0.1) is 53.3 Å². The molecule has 0 saturated carbocycles. The lowest BCUT2D eigenvalue weighted by Crippen LogP contribution is -2.51. The summed E-state index contributed by atoms with van der Waals surface area (Å²) in [4.78, 5) is 137. The van der Waals surface area contributed by atoms with Gasteiger partial charge in [-0.05, 0) is 93.8 Å². The Morgan fingerprint density at radius 3 is 1.55 bits per heavy atom. The van der Waals surface area contributed by atoms with Crippen molar-refractivity contribution in [3.8, 4) is 0 Å². The summed E-state index contributed by atoms with van der Waals surface area (Å²) in [5.41, 5.74) is 24.0. The van der Waals surface area contributed by atoms with Gasteiger partial charge in [-0.2, -0.15) is 0 Å². The second-order valence-corrected chi connectivity index (χ2v) is 22.7. The van der Waals surface area contributed by atoms with Crippen LogP contribution in [0.4, 0.5) is 0 Å². The maximum Gasteiger partial charge on any atom is 0.224 e. The van der Waals surface area contributed by atoms with Crippen molar-refractivity contribution < 1.29 is 53.1 Å². The molecule has 442 valence electrons. The van der Waals surface area contributed by atoms with Gasteiger partial charge in [-0.15, -0.1) is 0 Å². The molecule has 0 saturated heterocycles. The molecular weight excluding hydrogens is 997 g/mol. The predicted octanol–water partition coefficient (Wildman–Crippen LogP) is 4.33. The predicted molar refractivity (Wildman–Crippen MR) is 303 cm³/mol. The Bertz CT molecular complexity index is 2050. The maximum absolute atomic E-state index is 14.6.